The first kappa shape index (κ1) is 14.3. The molecule has 4 nitrogen and oxygen atoms in total. The molecule has 0 bridgehead atoms. The molecule has 0 fully saturated rings. The molecule has 0 saturated carbocycles. The third-order valence-corrected chi connectivity index (χ3v) is 2.27. The molecular formula is C10H5F6NO3. The minimum atomic E-state index is -5.51. The average Bonchev–Trinajstić information content (AvgIpc) is 2.66. The van der Waals surface area contributed by atoms with Gasteiger partial charge in [-0.25, -0.2) is 0 Å². The topological polar surface area (TPSA) is 47.6 Å². The molecule has 1 aliphatic heterocycles. The van der Waals surface area contributed by atoms with Crippen molar-refractivity contribution in [1.82, 2.24) is 5.32 Å². The maximum absolute atomic E-state index is 12.9. The largest absolute Gasteiger partial charge is 0.492 e. The number of carbonyl (C=O) groups excluding carboxylic acids is 1. The number of para-hydroxylation sites is 2. The SMILES string of the molecule is O=C(NC1(C(F)(F)F)Oc2ccccc2O1)C(F)(F)F. The minimum absolute atomic E-state index is 0.438. The van der Waals surface area contributed by atoms with E-state index in [4.69, 9.17) is 0 Å². The summed E-state index contributed by atoms with van der Waals surface area (Å²) in [5, 5.41) is 0.686. The third kappa shape index (κ3) is 2.32. The molecule has 0 saturated heterocycles. The van der Waals surface area contributed by atoms with Crippen LogP contribution >= 0.6 is 0 Å². The van der Waals surface area contributed by atoms with Crippen molar-refractivity contribution in [2.45, 2.75) is 18.3 Å². The summed E-state index contributed by atoms with van der Waals surface area (Å²) in [6.45, 7) is 0. The molecule has 1 amide bonds. The first-order chi connectivity index (χ1) is 9.05. The summed E-state index contributed by atoms with van der Waals surface area (Å²) >= 11 is 0. The van der Waals surface area contributed by atoms with Crippen LogP contribution in [0.5, 0.6) is 11.5 Å². The average molecular weight is 301 g/mol. The first-order valence-electron chi connectivity index (χ1n) is 4.98. The molecule has 1 aromatic rings. The number of alkyl halides is 6. The molecule has 1 N–H and O–H groups in total. The summed E-state index contributed by atoms with van der Waals surface area (Å²) in [6, 6.07) is 4.70. The number of benzene rings is 1. The Balaban J connectivity index is 2.35. The maximum Gasteiger partial charge on any atom is 0.492 e. The quantitative estimate of drug-likeness (QED) is 0.810. The fraction of sp³-hybridized carbons (Fsp3) is 0.300. The molecule has 1 heterocycles. The highest BCUT2D eigenvalue weighted by Crippen LogP contribution is 2.45. The Labute approximate surface area is 107 Å². The van der Waals surface area contributed by atoms with Crippen molar-refractivity contribution in [3.05, 3.63) is 24.3 Å². The molecule has 1 aromatic carbocycles. The molecule has 0 atom stereocenters. The number of nitrogens with one attached hydrogen (secondary N) is 1. The van der Waals surface area contributed by atoms with Gasteiger partial charge in [-0.2, -0.15) is 26.3 Å². The minimum Gasteiger partial charge on any atom is -0.424 e. The summed E-state index contributed by atoms with van der Waals surface area (Å²) in [5.74, 6) is -7.61. The van der Waals surface area contributed by atoms with Gasteiger partial charge < -0.3 is 9.47 Å². The van der Waals surface area contributed by atoms with E-state index < -0.39 is 35.7 Å². The van der Waals surface area contributed by atoms with E-state index in [9.17, 15) is 31.1 Å². The Kier molecular flexibility index (Phi) is 2.99. The van der Waals surface area contributed by atoms with Crippen LogP contribution in [0.2, 0.25) is 0 Å². The van der Waals surface area contributed by atoms with Crippen molar-refractivity contribution in [2.24, 2.45) is 0 Å². The van der Waals surface area contributed by atoms with Crippen LogP contribution in [0, 0.1) is 0 Å². The Hall–Kier alpha value is -2.13. The second-order valence-electron chi connectivity index (χ2n) is 3.72. The number of rotatable bonds is 1. The lowest BCUT2D eigenvalue weighted by atomic mass is 10.3. The third-order valence-electron chi connectivity index (χ3n) is 2.27. The molecule has 2 rings (SSSR count). The summed E-state index contributed by atoms with van der Waals surface area (Å²) in [4.78, 5) is 10.7. The molecule has 0 aromatic heterocycles. The Morgan fingerprint density at radius 2 is 1.45 bits per heavy atom. The maximum atomic E-state index is 12.9. The summed E-state index contributed by atoms with van der Waals surface area (Å²) in [5.41, 5.74) is 0. The van der Waals surface area contributed by atoms with Gasteiger partial charge in [0, 0.05) is 0 Å². The van der Waals surface area contributed by atoms with Crippen LogP contribution in [0.4, 0.5) is 26.3 Å². The van der Waals surface area contributed by atoms with Crippen molar-refractivity contribution in [2.75, 3.05) is 0 Å². The van der Waals surface area contributed by atoms with Crippen molar-refractivity contribution in [3.8, 4) is 11.5 Å². The van der Waals surface area contributed by atoms with Gasteiger partial charge in [0.2, 0.25) is 0 Å². The van der Waals surface area contributed by atoms with Gasteiger partial charge in [0.05, 0.1) is 0 Å². The summed E-state index contributed by atoms with van der Waals surface area (Å²) in [7, 11) is 0. The predicted octanol–water partition coefficient (Wildman–Crippen LogP) is 2.35. The molecule has 20 heavy (non-hydrogen) atoms. The molecular weight excluding hydrogens is 296 g/mol. The van der Waals surface area contributed by atoms with Crippen molar-refractivity contribution in [1.29, 1.82) is 0 Å². The zero-order valence-corrected chi connectivity index (χ0v) is 9.30. The van der Waals surface area contributed by atoms with Gasteiger partial charge in [0.1, 0.15) is 0 Å². The van der Waals surface area contributed by atoms with Gasteiger partial charge in [0.15, 0.2) is 11.5 Å². The summed E-state index contributed by atoms with van der Waals surface area (Å²) < 4.78 is 83.7. The van der Waals surface area contributed by atoms with E-state index in [-0.39, 0.29) is 0 Å². The molecule has 0 spiro atoms. The number of carbonyl (C=O) groups is 1. The van der Waals surface area contributed by atoms with E-state index in [1.54, 1.807) is 0 Å². The number of ether oxygens (including phenoxy) is 2. The number of fused-ring (bicyclic) bond motifs is 1. The van der Waals surface area contributed by atoms with E-state index >= 15 is 0 Å². The second kappa shape index (κ2) is 4.18. The normalized spacial score (nSPS) is 16.9. The van der Waals surface area contributed by atoms with Gasteiger partial charge in [-0.3, -0.25) is 10.1 Å². The fourth-order valence-electron chi connectivity index (χ4n) is 1.41. The molecule has 110 valence electrons. The van der Waals surface area contributed by atoms with Crippen LogP contribution in [0.15, 0.2) is 24.3 Å². The zero-order chi connectivity index (χ0) is 15.2. The molecule has 0 radical (unpaired) electrons. The number of hydrogen-bond donors (Lipinski definition) is 1. The highest BCUT2D eigenvalue weighted by Gasteiger charge is 2.67. The van der Waals surface area contributed by atoms with Crippen LogP contribution < -0.4 is 14.8 Å². The molecule has 1 aliphatic rings. The Morgan fingerprint density at radius 1 is 1.00 bits per heavy atom. The van der Waals surface area contributed by atoms with E-state index in [0.717, 1.165) is 12.1 Å². The van der Waals surface area contributed by atoms with E-state index in [1.165, 1.54) is 12.1 Å². The van der Waals surface area contributed by atoms with Crippen LogP contribution in [0.3, 0.4) is 0 Å². The smallest absolute Gasteiger partial charge is 0.424 e. The number of halogens is 6. The van der Waals surface area contributed by atoms with Gasteiger partial charge in [0.25, 0.3) is 0 Å². The highest BCUT2D eigenvalue weighted by atomic mass is 19.4. The van der Waals surface area contributed by atoms with E-state index in [1.807, 2.05) is 0 Å². The van der Waals surface area contributed by atoms with Crippen LogP contribution in [-0.2, 0) is 4.79 Å². The van der Waals surface area contributed by atoms with E-state index in [0.29, 0.717) is 5.32 Å². The predicted molar refractivity (Wildman–Crippen MR) is 50.7 cm³/mol. The summed E-state index contributed by atoms with van der Waals surface area (Å²) in [6.07, 6.45) is -10.9. The second-order valence-corrected chi connectivity index (χ2v) is 3.72. The Morgan fingerprint density at radius 3 is 1.80 bits per heavy atom. The van der Waals surface area contributed by atoms with E-state index in [2.05, 4.69) is 9.47 Å². The van der Waals surface area contributed by atoms with Crippen molar-refractivity contribution >= 4 is 5.91 Å². The first-order valence-corrected chi connectivity index (χ1v) is 4.98. The van der Waals surface area contributed by atoms with Gasteiger partial charge >= 0.3 is 24.2 Å². The van der Waals surface area contributed by atoms with Crippen molar-refractivity contribution in [3.63, 3.8) is 0 Å². The lowest BCUT2D eigenvalue weighted by Gasteiger charge is -2.29. The van der Waals surface area contributed by atoms with Crippen LogP contribution in [0.1, 0.15) is 0 Å². The monoisotopic (exact) mass is 301 g/mol. The van der Waals surface area contributed by atoms with Gasteiger partial charge in [-0.15, -0.1) is 0 Å². The molecule has 0 unspecified atom stereocenters. The molecule has 10 heteroatoms. The van der Waals surface area contributed by atoms with Gasteiger partial charge in [-0.1, -0.05) is 12.1 Å². The fourth-order valence-corrected chi connectivity index (χ4v) is 1.41. The standard InChI is InChI=1S/C10H5F6NO3/c11-8(12,13)7(18)17-10(9(14,15)16)19-5-3-1-2-4-6(5)20-10/h1-4H,(H,17,18). The number of amides is 1. The lowest BCUT2D eigenvalue weighted by molar-refractivity contribution is -0.322. The zero-order valence-electron chi connectivity index (χ0n) is 9.30. The van der Waals surface area contributed by atoms with Crippen LogP contribution in [-0.4, -0.2) is 24.2 Å². The number of hydrogen-bond acceptors (Lipinski definition) is 3. The van der Waals surface area contributed by atoms with Crippen LogP contribution in [0.25, 0.3) is 0 Å². The van der Waals surface area contributed by atoms with Gasteiger partial charge in [-0.05, 0) is 12.1 Å². The highest BCUT2D eigenvalue weighted by molar-refractivity contribution is 5.82. The van der Waals surface area contributed by atoms with Crippen molar-refractivity contribution < 1.29 is 40.6 Å². The molecule has 0 aliphatic carbocycles. The lowest BCUT2D eigenvalue weighted by Crippen LogP contribution is -2.66. The Bertz CT molecular complexity index is 514.